The van der Waals surface area contributed by atoms with Crippen molar-refractivity contribution in [3.63, 3.8) is 0 Å². The van der Waals surface area contributed by atoms with Gasteiger partial charge in [-0.2, -0.15) is 0 Å². The molecule has 1 aliphatic carbocycles. The molecule has 8 nitrogen and oxygen atoms in total. The molecule has 0 bridgehead atoms. The van der Waals surface area contributed by atoms with Crippen LogP contribution in [0.3, 0.4) is 0 Å². The average molecular weight is 437 g/mol. The summed E-state index contributed by atoms with van der Waals surface area (Å²) in [5, 5.41) is 2.61. The fourth-order valence-corrected chi connectivity index (χ4v) is 4.84. The highest BCUT2D eigenvalue weighted by Gasteiger charge is 2.20. The summed E-state index contributed by atoms with van der Waals surface area (Å²) in [6.45, 7) is 2.38. The van der Waals surface area contributed by atoms with Crippen LogP contribution in [0.4, 0.5) is 10.5 Å². The number of carbonyl (C=O) groups is 2. The number of fused-ring (bicyclic) bond motifs is 1. The lowest BCUT2D eigenvalue weighted by atomic mass is 9.90. The quantitative estimate of drug-likeness (QED) is 0.539. The summed E-state index contributed by atoms with van der Waals surface area (Å²) in [7, 11) is -3.37. The molecule has 0 spiro atoms. The minimum atomic E-state index is -3.37. The number of hydrazine groups is 1. The van der Waals surface area contributed by atoms with E-state index in [0.29, 0.717) is 22.0 Å². The molecular formula is C19H24N4O4S2. The third-order valence-electron chi connectivity index (χ3n) is 4.53. The Morgan fingerprint density at radius 2 is 2.00 bits per heavy atom. The van der Waals surface area contributed by atoms with E-state index in [9.17, 15) is 18.0 Å². The van der Waals surface area contributed by atoms with Gasteiger partial charge in [-0.25, -0.2) is 18.6 Å². The molecule has 1 heterocycles. The number of hydrogen-bond acceptors (Lipinski definition) is 5. The maximum absolute atomic E-state index is 12.3. The number of amides is 3. The molecule has 1 aliphatic rings. The molecule has 0 saturated carbocycles. The largest absolute Gasteiger partial charge is 0.333 e. The van der Waals surface area contributed by atoms with E-state index in [-0.39, 0.29) is 12.5 Å². The van der Waals surface area contributed by atoms with Gasteiger partial charge in [-0.1, -0.05) is 19.1 Å². The number of anilines is 1. The van der Waals surface area contributed by atoms with Gasteiger partial charge in [0.05, 0.1) is 11.1 Å². The van der Waals surface area contributed by atoms with Crippen molar-refractivity contribution in [2.24, 2.45) is 5.92 Å². The predicted octanol–water partition coefficient (Wildman–Crippen LogP) is 2.39. The fraction of sp³-hybridized carbons (Fsp3) is 0.368. The first-order valence-corrected chi connectivity index (χ1v) is 11.9. The van der Waals surface area contributed by atoms with E-state index in [1.807, 2.05) is 6.07 Å². The van der Waals surface area contributed by atoms with Gasteiger partial charge in [-0.3, -0.25) is 14.9 Å². The van der Waals surface area contributed by atoms with Crippen molar-refractivity contribution in [3.05, 3.63) is 51.2 Å². The highest BCUT2D eigenvalue weighted by atomic mass is 32.2. The Balaban J connectivity index is 1.48. The van der Waals surface area contributed by atoms with Crippen LogP contribution in [0.1, 0.15) is 39.0 Å². The first kappa shape index (κ1) is 21.1. The molecule has 2 aromatic rings. The number of benzene rings is 1. The monoisotopic (exact) mass is 436 g/mol. The number of sulfonamides is 1. The molecule has 1 aromatic carbocycles. The normalized spacial score (nSPS) is 15.9. The van der Waals surface area contributed by atoms with E-state index in [1.165, 1.54) is 21.8 Å². The average Bonchev–Trinajstić information content (AvgIpc) is 3.06. The van der Waals surface area contributed by atoms with Crippen molar-refractivity contribution in [2.45, 2.75) is 32.7 Å². The van der Waals surface area contributed by atoms with Crippen LogP contribution in [-0.4, -0.2) is 26.6 Å². The fourth-order valence-electron chi connectivity index (χ4n) is 3.18. The summed E-state index contributed by atoms with van der Waals surface area (Å²) >= 11 is 1.47. The minimum absolute atomic E-state index is 0.173. The van der Waals surface area contributed by atoms with Crippen molar-refractivity contribution < 1.29 is 18.0 Å². The first-order chi connectivity index (χ1) is 13.7. The Labute approximate surface area is 174 Å². The maximum atomic E-state index is 12.3. The lowest BCUT2D eigenvalue weighted by Gasteiger charge is -2.16. The SMILES string of the molecule is CC1CCc2sc(C(=O)NNC(=O)NCc3cccc(NS(C)(=O)=O)c3)cc2C1. The zero-order valence-corrected chi connectivity index (χ0v) is 17.9. The molecule has 1 atom stereocenters. The molecule has 3 amide bonds. The molecule has 3 rings (SSSR count). The number of urea groups is 1. The van der Waals surface area contributed by atoms with E-state index in [0.717, 1.165) is 25.5 Å². The second-order valence-corrected chi connectivity index (χ2v) is 10.1. The Morgan fingerprint density at radius 1 is 1.21 bits per heavy atom. The van der Waals surface area contributed by atoms with Crippen molar-refractivity contribution in [2.75, 3.05) is 11.0 Å². The zero-order chi connectivity index (χ0) is 21.0. The maximum Gasteiger partial charge on any atom is 0.333 e. The van der Waals surface area contributed by atoms with E-state index >= 15 is 0 Å². The summed E-state index contributed by atoms with van der Waals surface area (Å²) in [4.78, 5) is 26.1. The standard InChI is InChI=1S/C19H24N4O4S2/c1-12-6-7-16-14(8-12)10-17(28-16)18(24)21-22-19(25)20-11-13-4-3-5-15(9-13)23-29(2,26)27/h3-5,9-10,12,23H,6-8,11H2,1-2H3,(H,21,24)(H2,20,22,25). The third kappa shape index (κ3) is 6.20. The molecular weight excluding hydrogens is 412 g/mol. The van der Waals surface area contributed by atoms with Crippen LogP contribution in [0.5, 0.6) is 0 Å². The zero-order valence-electron chi connectivity index (χ0n) is 16.2. The number of thiophene rings is 1. The van der Waals surface area contributed by atoms with E-state index < -0.39 is 16.1 Å². The van der Waals surface area contributed by atoms with Crippen LogP contribution in [-0.2, 0) is 29.4 Å². The topological polar surface area (TPSA) is 116 Å². The van der Waals surface area contributed by atoms with E-state index in [2.05, 4.69) is 27.8 Å². The predicted molar refractivity (Wildman–Crippen MR) is 113 cm³/mol. The molecule has 29 heavy (non-hydrogen) atoms. The molecule has 1 unspecified atom stereocenters. The van der Waals surface area contributed by atoms with Gasteiger partial charge in [-0.05, 0) is 54.5 Å². The van der Waals surface area contributed by atoms with Gasteiger partial charge < -0.3 is 5.32 Å². The highest BCUT2D eigenvalue weighted by molar-refractivity contribution is 7.92. The lowest BCUT2D eigenvalue weighted by molar-refractivity contribution is 0.0940. The molecule has 1 aromatic heterocycles. The molecule has 0 fully saturated rings. The van der Waals surface area contributed by atoms with E-state index in [4.69, 9.17) is 0 Å². The van der Waals surface area contributed by atoms with Crippen LogP contribution in [0.15, 0.2) is 30.3 Å². The molecule has 0 saturated heterocycles. The van der Waals surface area contributed by atoms with Crippen LogP contribution in [0.25, 0.3) is 0 Å². The number of hydrogen-bond donors (Lipinski definition) is 4. The highest BCUT2D eigenvalue weighted by Crippen LogP contribution is 2.32. The van der Waals surface area contributed by atoms with E-state index in [1.54, 1.807) is 24.3 Å². The number of nitrogens with one attached hydrogen (secondary N) is 4. The number of carbonyl (C=O) groups excluding carboxylic acids is 2. The van der Waals surface area contributed by atoms with Crippen molar-refractivity contribution in [1.82, 2.24) is 16.2 Å². The lowest BCUT2D eigenvalue weighted by Crippen LogP contribution is -2.46. The summed E-state index contributed by atoms with van der Waals surface area (Å²) in [6, 6.07) is 8.02. The smallest absolute Gasteiger partial charge is 0.333 e. The van der Waals surface area contributed by atoms with Crippen LogP contribution in [0.2, 0.25) is 0 Å². The minimum Gasteiger partial charge on any atom is -0.333 e. The number of rotatable bonds is 5. The van der Waals surface area contributed by atoms with Gasteiger partial charge in [0.15, 0.2) is 0 Å². The Kier molecular flexibility index (Phi) is 6.43. The van der Waals surface area contributed by atoms with Gasteiger partial charge in [0.25, 0.3) is 5.91 Å². The van der Waals surface area contributed by atoms with Crippen LogP contribution < -0.4 is 20.9 Å². The van der Waals surface area contributed by atoms with Crippen molar-refractivity contribution in [3.8, 4) is 0 Å². The molecule has 10 heteroatoms. The Bertz CT molecular complexity index is 1020. The van der Waals surface area contributed by atoms with Crippen LogP contribution in [0, 0.1) is 5.92 Å². The van der Waals surface area contributed by atoms with Crippen LogP contribution >= 0.6 is 11.3 Å². The summed E-state index contributed by atoms with van der Waals surface area (Å²) in [5.41, 5.74) is 7.10. The molecule has 156 valence electrons. The van der Waals surface area contributed by atoms with Gasteiger partial charge in [0, 0.05) is 17.1 Å². The second kappa shape index (κ2) is 8.83. The summed E-state index contributed by atoms with van der Waals surface area (Å²) < 4.78 is 25.0. The van der Waals surface area contributed by atoms with Gasteiger partial charge in [0.2, 0.25) is 10.0 Å². The Hall–Kier alpha value is -2.59. The second-order valence-electron chi connectivity index (χ2n) is 7.24. The molecule has 4 N–H and O–H groups in total. The first-order valence-electron chi connectivity index (χ1n) is 9.22. The van der Waals surface area contributed by atoms with Gasteiger partial charge in [0.1, 0.15) is 0 Å². The van der Waals surface area contributed by atoms with Gasteiger partial charge in [-0.15, -0.1) is 11.3 Å². The van der Waals surface area contributed by atoms with Crippen molar-refractivity contribution >= 4 is 39.0 Å². The molecule has 0 radical (unpaired) electrons. The van der Waals surface area contributed by atoms with Gasteiger partial charge >= 0.3 is 6.03 Å². The van der Waals surface area contributed by atoms with Crippen molar-refractivity contribution in [1.29, 1.82) is 0 Å². The summed E-state index contributed by atoms with van der Waals surface area (Å²) in [5.74, 6) is 0.287. The Morgan fingerprint density at radius 3 is 2.76 bits per heavy atom. The molecule has 0 aliphatic heterocycles. The number of aryl methyl sites for hydroxylation is 1. The third-order valence-corrected chi connectivity index (χ3v) is 6.37. The summed E-state index contributed by atoms with van der Waals surface area (Å²) in [6.07, 6.45) is 4.19.